The number of hydrogen-bond donors (Lipinski definition) is 2. The van der Waals surface area contributed by atoms with Crippen LogP contribution in [-0.2, 0) is 4.74 Å². The first-order chi connectivity index (χ1) is 9.24. The molecule has 1 aromatic rings. The molecule has 0 bridgehead atoms. The Bertz CT molecular complexity index is 434. The van der Waals surface area contributed by atoms with Gasteiger partial charge in [-0.3, -0.25) is 0 Å². The highest BCUT2D eigenvalue weighted by Crippen LogP contribution is 2.28. The fourth-order valence-electron chi connectivity index (χ4n) is 2.67. The lowest BCUT2D eigenvalue weighted by molar-refractivity contribution is 0.0526. The van der Waals surface area contributed by atoms with E-state index in [-0.39, 0.29) is 5.97 Å². The Balaban J connectivity index is 2.04. The largest absolute Gasteiger partial charge is 0.462 e. The van der Waals surface area contributed by atoms with Crippen LogP contribution in [-0.4, -0.2) is 25.2 Å². The maximum atomic E-state index is 11.7. The van der Waals surface area contributed by atoms with Gasteiger partial charge in [-0.25, -0.2) is 4.79 Å². The van der Waals surface area contributed by atoms with Crippen molar-refractivity contribution < 1.29 is 9.53 Å². The summed E-state index contributed by atoms with van der Waals surface area (Å²) >= 11 is 0. The second kappa shape index (κ2) is 6.57. The molecular weight excluding hydrogens is 240 g/mol. The van der Waals surface area contributed by atoms with Gasteiger partial charge in [0.1, 0.15) is 0 Å². The number of nitrogens with one attached hydrogen (secondary N) is 1. The Morgan fingerprint density at radius 1 is 1.47 bits per heavy atom. The van der Waals surface area contributed by atoms with Crippen molar-refractivity contribution in [3.63, 3.8) is 0 Å². The molecule has 4 heteroatoms. The van der Waals surface area contributed by atoms with Crippen LogP contribution in [0.15, 0.2) is 24.3 Å². The molecule has 0 radical (unpaired) electrons. The second-order valence-corrected chi connectivity index (χ2v) is 4.98. The van der Waals surface area contributed by atoms with Gasteiger partial charge in [0.2, 0.25) is 0 Å². The Morgan fingerprint density at radius 2 is 2.32 bits per heavy atom. The summed E-state index contributed by atoms with van der Waals surface area (Å²) in [6.45, 7) is 2.92. The van der Waals surface area contributed by atoms with Gasteiger partial charge in [-0.05, 0) is 50.4 Å². The summed E-state index contributed by atoms with van der Waals surface area (Å²) in [4.78, 5) is 11.7. The fourth-order valence-corrected chi connectivity index (χ4v) is 2.67. The minimum Gasteiger partial charge on any atom is -0.462 e. The number of carbonyl (C=O) groups excluding carboxylic acids is 1. The van der Waals surface area contributed by atoms with Crippen molar-refractivity contribution in [3.05, 3.63) is 29.8 Å². The molecule has 19 heavy (non-hydrogen) atoms. The minimum absolute atomic E-state index is 0.270. The number of anilines is 1. The number of nitrogens with two attached hydrogens (primary N) is 1. The lowest BCUT2D eigenvalue weighted by Gasteiger charge is -2.21. The van der Waals surface area contributed by atoms with Crippen molar-refractivity contribution in [1.82, 2.24) is 0 Å². The topological polar surface area (TPSA) is 64.3 Å². The molecule has 3 N–H and O–H groups in total. The number of ether oxygens (including phenoxy) is 1. The van der Waals surface area contributed by atoms with E-state index in [0.717, 1.165) is 18.7 Å². The van der Waals surface area contributed by atoms with Gasteiger partial charge in [0.15, 0.2) is 0 Å². The summed E-state index contributed by atoms with van der Waals surface area (Å²) in [7, 11) is 0. The minimum atomic E-state index is -0.270. The molecule has 1 aliphatic rings. The van der Waals surface area contributed by atoms with E-state index in [1.165, 1.54) is 12.8 Å². The van der Waals surface area contributed by atoms with Gasteiger partial charge in [-0.15, -0.1) is 0 Å². The van der Waals surface area contributed by atoms with E-state index < -0.39 is 0 Å². The molecule has 2 atom stereocenters. The van der Waals surface area contributed by atoms with Crippen LogP contribution < -0.4 is 11.1 Å². The zero-order valence-corrected chi connectivity index (χ0v) is 11.4. The van der Waals surface area contributed by atoms with Crippen LogP contribution in [0, 0.1) is 5.92 Å². The predicted molar refractivity (Wildman–Crippen MR) is 76.2 cm³/mol. The SMILES string of the molecule is CCOC(=O)c1cccc(NC2CCCC2CN)c1. The quantitative estimate of drug-likeness (QED) is 0.800. The third-order valence-corrected chi connectivity index (χ3v) is 3.69. The average molecular weight is 262 g/mol. The predicted octanol–water partition coefficient (Wildman–Crippen LogP) is 2.40. The first-order valence-corrected chi connectivity index (χ1v) is 6.98. The monoisotopic (exact) mass is 262 g/mol. The van der Waals surface area contributed by atoms with Crippen LogP contribution in [0.5, 0.6) is 0 Å². The highest BCUT2D eigenvalue weighted by molar-refractivity contribution is 5.90. The Kier molecular flexibility index (Phi) is 4.80. The smallest absolute Gasteiger partial charge is 0.338 e. The van der Waals surface area contributed by atoms with E-state index in [2.05, 4.69) is 5.32 Å². The number of carbonyl (C=O) groups is 1. The standard InChI is InChI=1S/C15H22N2O2/c1-2-19-15(18)11-5-3-7-13(9-11)17-14-8-4-6-12(14)10-16/h3,5,7,9,12,14,17H,2,4,6,8,10,16H2,1H3. The average Bonchev–Trinajstić information content (AvgIpc) is 2.86. The van der Waals surface area contributed by atoms with Crippen LogP contribution in [0.3, 0.4) is 0 Å². The normalized spacial score (nSPS) is 22.2. The van der Waals surface area contributed by atoms with Crippen molar-refractivity contribution in [1.29, 1.82) is 0 Å². The molecule has 1 aliphatic carbocycles. The van der Waals surface area contributed by atoms with E-state index in [4.69, 9.17) is 10.5 Å². The van der Waals surface area contributed by atoms with Crippen molar-refractivity contribution in [2.24, 2.45) is 11.7 Å². The van der Waals surface area contributed by atoms with Crippen molar-refractivity contribution in [3.8, 4) is 0 Å². The third kappa shape index (κ3) is 3.47. The first kappa shape index (κ1) is 13.9. The van der Waals surface area contributed by atoms with Gasteiger partial charge in [0.25, 0.3) is 0 Å². The number of hydrogen-bond acceptors (Lipinski definition) is 4. The van der Waals surface area contributed by atoms with Crippen LogP contribution in [0.1, 0.15) is 36.5 Å². The lowest BCUT2D eigenvalue weighted by atomic mass is 10.0. The Morgan fingerprint density at radius 3 is 3.05 bits per heavy atom. The second-order valence-electron chi connectivity index (χ2n) is 4.98. The van der Waals surface area contributed by atoms with E-state index in [0.29, 0.717) is 24.1 Å². The Labute approximate surface area is 114 Å². The van der Waals surface area contributed by atoms with E-state index >= 15 is 0 Å². The molecule has 2 unspecified atom stereocenters. The molecule has 1 aromatic carbocycles. The number of benzene rings is 1. The highest BCUT2D eigenvalue weighted by Gasteiger charge is 2.25. The van der Waals surface area contributed by atoms with Crippen molar-refractivity contribution >= 4 is 11.7 Å². The van der Waals surface area contributed by atoms with Gasteiger partial charge in [-0.2, -0.15) is 0 Å². The summed E-state index contributed by atoms with van der Waals surface area (Å²) in [6, 6.07) is 7.90. The summed E-state index contributed by atoms with van der Waals surface area (Å²) < 4.78 is 5.01. The first-order valence-electron chi connectivity index (χ1n) is 6.98. The molecule has 1 fully saturated rings. The Hall–Kier alpha value is -1.55. The van der Waals surface area contributed by atoms with Gasteiger partial charge in [0, 0.05) is 11.7 Å². The van der Waals surface area contributed by atoms with Gasteiger partial charge in [0.05, 0.1) is 12.2 Å². The van der Waals surface area contributed by atoms with Crippen LogP contribution in [0.4, 0.5) is 5.69 Å². The summed E-state index contributed by atoms with van der Waals surface area (Å²) in [6.07, 6.45) is 3.55. The van der Waals surface area contributed by atoms with Crippen molar-refractivity contribution in [2.45, 2.75) is 32.2 Å². The van der Waals surface area contributed by atoms with Gasteiger partial charge >= 0.3 is 5.97 Å². The maximum Gasteiger partial charge on any atom is 0.338 e. The zero-order chi connectivity index (χ0) is 13.7. The summed E-state index contributed by atoms with van der Waals surface area (Å²) in [5.41, 5.74) is 7.34. The summed E-state index contributed by atoms with van der Waals surface area (Å²) in [5.74, 6) is 0.263. The molecule has 0 aromatic heterocycles. The van der Waals surface area contributed by atoms with Crippen LogP contribution in [0.2, 0.25) is 0 Å². The number of esters is 1. The molecule has 0 aliphatic heterocycles. The molecule has 0 spiro atoms. The molecule has 0 heterocycles. The van der Waals surface area contributed by atoms with E-state index in [1.807, 2.05) is 25.1 Å². The molecule has 1 saturated carbocycles. The molecule has 4 nitrogen and oxygen atoms in total. The fraction of sp³-hybridized carbons (Fsp3) is 0.533. The summed E-state index contributed by atoms with van der Waals surface area (Å²) in [5, 5.41) is 3.49. The van der Waals surface area contributed by atoms with Crippen LogP contribution >= 0.6 is 0 Å². The lowest BCUT2D eigenvalue weighted by Crippen LogP contribution is -2.29. The molecule has 2 rings (SSSR count). The third-order valence-electron chi connectivity index (χ3n) is 3.69. The highest BCUT2D eigenvalue weighted by atomic mass is 16.5. The maximum absolute atomic E-state index is 11.7. The van der Waals surface area contributed by atoms with E-state index in [1.54, 1.807) is 6.07 Å². The van der Waals surface area contributed by atoms with Gasteiger partial charge in [-0.1, -0.05) is 12.5 Å². The number of rotatable bonds is 5. The van der Waals surface area contributed by atoms with Gasteiger partial charge < -0.3 is 15.8 Å². The molecule has 104 valence electrons. The van der Waals surface area contributed by atoms with Crippen LogP contribution in [0.25, 0.3) is 0 Å². The zero-order valence-electron chi connectivity index (χ0n) is 11.4. The van der Waals surface area contributed by atoms with E-state index in [9.17, 15) is 4.79 Å². The molecular formula is C15H22N2O2. The molecule has 0 amide bonds. The van der Waals surface area contributed by atoms with Crippen molar-refractivity contribution in [2.75, 3.05) is 18.5 Å². The molecule has 0 saturated heterocycles.